The van der Waals surface area contributed by atoms with Crippen molar-refractivity contribution in [3.63, 3.8) is 0 Å². The average molecular weight is 256 g/mol. The molecule has 0 bridgehead atoms. The van der Waals surface area contributed by atoms with Crippen LogP contribution in [0, 0.1) is 23.2 Å². The van der Waals surface area contributed by atoms with E-state index in [4.69, 9.17) is 0 Å². The number of allylic oxidation sites excluding steroid dienone is 6. The van der Waals surface area contributed by atoms with Gasteiger partial charge in [-0.1, -0.05) is 30.7 Å². The summed E-state index contributed by atoms with van der Waals surface area (Å²) in [5.41, 5.74) is 1.58. The van der Waals surface area contributed by atoms with E-state index in [-0.39, 0.29) is 29.3 Å². The van der Waals surface area contributed by atoms with Crippen molar-refractivity contribution in [3.8, 4) is 0 Å². The van der Waals surface area contributed by atoms with Gasteiger partial charge in [0.05, 0.1) is 0 Å². The van der Waals surface area contributed by atoms with Crippen LogP contribution in [-0.4, -0.2) is 11.6 Å². The molecule has 0 aromatic rings. The fourth-order valence-corrected chi connectivity index (χ4v) is 4.10. The molecule has 0 N–H and O–H groups in total. The Morgan fingerprint density at radius 3 is 2.68 bits per heavy atom. The first-order chi connectivity index (χ1) is 8.96. The minimum atomic E-state index is -0.536. The Bertz CT molecular complexity index is 550. The SMILES string of the molecule is CC1=CC[C@H]2C(C)=C[C@@H]3CC=CC(=O)[C@@]3(C)[C@@H]2C1=O. The minimum Gasteiger partial charge on any atom is -0.294 e. The highest BCUT2D eigenvalue weighted by Gasteiger charge is 2.55. The van der Waals surface area contributed by atoms with Gasteiger partial charge in [0.2, 0.25) is 0 Å². The topological polar surface area (TPSA) is 34.1 Å². The van der Waals surface area contributed by atoms with Crippen molar-refractivity contribution in [2.75, 3.05) is 0 Å². The first-order valence-electron chi connectivity index (χ1n) is 7.06. The molecule has 0 amide bonds. The van der Waals surface area contributed by atoms with Crippen molar-refractivity contribution in [3.05, 3.63) is 35.5 Å². The molecule has 19 heavy (non-hydrogen) atoms. The number of carbonyl (C=O) groups is 2. The first-order valence-corrected chi connectivity index (χ1v) is 7.06. The average Bonchev–Trinajstić information content (AvgIpc) is 2.37. The summed E-state index contributed by atoms with van der Waals surface area (Å²) in [7, 11) is 0. The maximum absolute atomic E-state index is 12.6. The van der Waals surface area contributed by atoms with E-state index < -0.39 is 5.41 Å². The van der Waals surface area contributed by atoms with Crippen LogP contribution in [0.1, 0.15) is 33.6 Å². The van der Waals surface area contributed by atoms with Gasteiger partial charge in [0.15, 0.2) is 11.6 Å². The molecule has 0 aromatic carbocycles. The summed E-state index contributed by atoms with van der Waals surface area (Å²) in [6.45, 7) is 6.00. The molecule has 0 spiro atoms. The van der Waals surface area contributed by atoms with Crippen molar-refractivity contribution in [1.29, 1.82) is 0 Å². The standard InChI is InChI=1S/C17H20O2/c1-10-7-8-13-11(2)9-12-5-4-6-14(18)17(12,3)15(13)16(10)19/h4,6-7,9,12-13,15H,5,8H2,1-3H3/t12-,13-,15-,17-/m0/s1. The Labute approximate surface area is 114 Å². The Kier molecular flexibility index (Phi) is 2.67. The Balaban J connectivity index is 2.18. The second-order valence-corrected chi connectivity index (χ2v) is 6.37. The number of ketones is 2. The van der Waals surface area contributed by atoms with Gasteiger partial charge in [0.1, 0.15) is 0 Å². The van der Waals surface area contributed by atoms with Crippen LogP contribution in [0.25, 0.3) is 0 Å². The highest BCUT2D eigenvalue weighted by atomic mass is 16.1. The summed E-state index contributed by atoms with van der Waals surface area (Å²) < 4.78 is 0. The molecular formula is C17H20O2. The summed E-state index contributed by atoms with van der Waals surface area (Å²) in [5, 5.41) is 0. The summed E-state index contributed by atoms with van der Waals surface area (Å²) >= 11 is 0. The molecule has 4 atom stereocenters. The molecule has 0 aliphatic heterocycles. The number of fused-ring (bicyclic) bond motifs is 3. The molecular weight excluding hydrogens is 236 g/mol. The number of carbonyl (C=O) groups excluding carboxylic acids is 2. The van der Waals surface area contributed by atoms with E-state index in [1.165, 1.54) is 5.57 Å². The predicted molar refractivity (Wildman–Crippen MR) is 74.5 cm³/mol. The summed E-state index contributed by atoms with van der Waals surface area (Å²) in [6, 6.07) is 0. The first kappa shape index (κ1) is 12.6. The molecule has 0 heterocycles. The van der Waals surface area contributed by atoms with Gasteiger partial charge in [0.25, 0.3) is 0 Å². The Morgan fingerprint density at radius 1 is 1.21 bits per heavy atom. The Morgan fingerprint density at radius 2 is 1.95 bits per heavy atom. The normalized spacial score (nSPS) is 41.3. The molecule has 0 saturated carbocycles. The highest BCUT2D eigenvalue weighted by molar-refractivity contribution is 6.05. The van der Waals surface area contributed by atoms with E-state index in [1.54, 1.807) is 6.08 Å². The van der Waals surface area contributed by atoms with E-state index in [9.17, 15) is 9.59 Å². The third kappa shape index (κ3) is 1.55. The van der Waals surface area contributed by atoms with Crippen LogP contribution < -0.4 is 0 Å². The van der Waals surface area contributed by atoms with E-state index in [2.05, 4.69) is 13.0 Å². The van der Waals surface area contributed by atoms with Gasteiger partial charge < -0.3 is 0 Å². The molecule has 3 rings (SSSR count). The fourth-order valence-electron chi connectivity index (χ4n) is 4.10. The second kappa shape index (κ2) is 4.03. The van der Waals surface area contributed by atoms with E-state index in [1.807, 2.05) is 26.0 Å². The monoisotopic (exact) mass is 256 g/mol. The quantitative estimate of drug-likeness (QED) is 0.623. The van der Waals surface area contributed by atoms with Crippen LogP contribution in [-0.2, 0) is 9.59 Å². The maximum atomic E-state index is 12.6. The number of hydrogen-bond acceptors (Lipinski definition) is 2. The van der Waals surface area contributed by atoms with Crippen molar-refractivity contribution in [2.24, 2.45) is 23.2 Å². The molecule has 3 aliphatic carbocycles. The third-order valence-corrected chi connectivity index (χ3v) is 5.41. The molecule has 3 aliphatic rings. The molecule has 0 saturated heterocycles. The lowest BCUT2D eigenvalue weighted by Crippen LogP contribution is -2.52. The summed E-state index contributed by atoms with van der Waals surface area (Å²) in [4.78, 5) is 25.1. The van der Waals surface area contributed by atoms with Crippen LogP contribution >= 0.6 is 0 Å². The zero-order valence-electron chi connectivity index (χ0n) is 11.8. The molecule has 2 heteroatoms. The highest BCUT2D eigenvalue weighted by Crippen LogP contribution is 2.54. The second-order valence-electron chi connectivity index (χ2n) is 6.37. The number of Topliss-reactive ketones (excluding diaryl/α,β-unsaturated/α-hetero) is 1. The van der Waals surface area contributed by atoms with Gasteiger partial charge in [-0.05, 0) is 50.2 Å². The maximum Gasteiger partial charge on any atom is 0.162 e. The zero-order valence-corrected chi connectivity index (χ0v) is 11.8. The lowest BCUT2D eigenvalue weighted by Gasteiger charge is -2.50. The summed E-state index contributed by atoms with van der Waals surface area (Å²) in [5.74, 6) is 0.546. The van der Waals surface area contributed by atoms with Crippen molar-refractivity contribution in [2.45, 2.75) is 33.6 Å². The van der Waals surface area contributed by atoms with Gasteiger partial charge in [0, 0.05) is 11.3 Å². The van der Waals surface area contributed by atoms with Gasteiger partial charge in [-0.15, -0.1) is 0 Å². The molecule has 100 valence electrons. The van der Waals surface area contributed by atoms with E-state index in [0.717, 1.165) is 18.4 Å². The largest absolute Gasteiger partial charge is 0.294 e. The van der Waals surface area contributed by atoms with Crippen LogP contribution in [0.15, 0.2) is 35.5 Å². The number of rotatable bonds is 0. The fraction of sp³-hybridized carbons (Fsp3) is 0.529. The molecule has 0 fully saturated rings. The van der Waals surface area contributed by atoms with Gasteiger partial charge in [-0.2, -0.15) is 0 Å². The van der Waals surface area contributed by atoms with Gasteiger partial charge in [-0.3, -0.25) is 9.59 Å². The summed E-state index contributed by atoms with van der Waals surface area (Å²) in [6.07, 6.45) is 9.68. The predicted octanol–water partition coefficient (Wildman–Crippen LogP) is 3.25. The third-order valence-electron chi connectivity index (χ3n) is 5.41. The smallest absolute Gasteiger partial charge is 0.162 e. The van der Waals surface area contributed by atoms with Crippen molar-refractivity contribution in [1.82, 2.24) is 0 Å². The molecule has 0 unspecified atom stereocenters. The number of hydrogen-bond donors (Lipinski definition) is 0. The lowest BCUT2D eigenvalue weighted by molar-refractivity contribution is -0.140. The minimum absolute atomic E-state index is 0.130. The van der Waals surface area contributed by atoms with Crippen molar-refractivity contribution < 1.29 is 9.59 Å². The van der Waals surface area contributed by atoms with E-state index >= 15 is 0 Å². The van der Waals surface area contributed by atoms with Crippen molar-refractivity contribution >= 4 is 11.6 Å². The van der Waals surface area contributed by atoms with Crippen LogP contribution in [0.3, 0.4) is 0 Å². The Hall–Kier alpha value is -1.44. The molecule has 0 radical (unpaired) electrons. The van der Waals surface area contributed by atoms with Gasteiger partial charge in [-0.25, -0.2) is 0 Å². The van der Waals surface area contributed by atoms with Gasteiger partial charge >= 0.3 is 0 Å². The molecule has 0 aromatic heterocycles. The van der Waals surface area contributed by atoms with E-state index in [0.29, 0.717) is 0 Å². The molecule has 2 nitrogen and oxygen atoms in total. The van der Waals surface area contributed by atoms with Crippen LogP contribution in [0.5, 0.6) is 0 Å². The van der Waals surface area contributed by atoms with Crippen LogP contribution in [0.2, 0.25) is 0 Å². The zero-order chi connectivity index (χ0) is 13.8. The lowest BCUT2D eigenvalue weighted by atomic mass is 9.51. The van der Waals surface area contributed by atoms with Crippen LogP contribution in [0.4, 0.5) is 0 Å².